The summed E-state index contributed by atoms with van der Waals surface area (Å²) >= 11 is 0. The summed E-state index contributed by atoms with van der Waals surface area (Å²) in [5.74, 6) is 0.859. The molecule has 1 heteroatoms. The number of benzene rings is 1. The van der Waals surface area contributed by atoms with E-state index in [0.29, 0.717) is 0 Å². The van der Waals surface area contributed by atoms with Crippen LogP contribution < -0.4 is 0 Å². The molecule has 112 valence electrons. The summed E-state index contributed by atoms with van der Waals surface area (Å²) in [4.78, 5) is 0. The minimum absolute atomic E-state index is 0.265. The Hall–Kier alpha value is -0.820. The largest absolute Gasteiger partial charge is 0.388 e. The van der Waals surface area contributed by atoms with Crippen LogP contribution >= 0.6 is 0 Å². The molecule has 1 atom stereocenters. The minimum atomic E-state index is -0.265. The van der Waals surface area contributed by atoms with Crippen LogP contribution in [0.3, 0.4) is 0 Å². The SMILES string of the molecule is CCc1ccc(CC)c(C(O)CCC2CCCCC2)c1. The van der Waals surface area contributed by atoms with Crippen LogP contribution in [0.4, 0.5) is 0 Å². The molecule has 0 radical (unpaired) electrons. The fourth-order valence-corrected chi connectivity index (χ4v) is 3.52. The second-order valence-corrected chi connectivity index (χ2v) is 6.34. The Morgan fingerprint density at radius 3 is 2.50 bits per heavy atom. The maximum Gasteiger partial charge on any atom is 0.0792 e. The Balaban J connectivity index is 1.98. The molecule has 1 N–H and O–H groups in total. The van der Waals surface area contributed by atoms with Gasteiger partial charge in [0.25, 0.3) is 0 Å². The molecule has 2 rings (SSSR count). The minimum Gasteiger partial charge on any atom is -0.388 e. The second-order valence-electron chi connectivity index (χ2n) is 6.34. The molecule has 1 aliphatic carbocycles. The van der Waals surface area contributed by atoms with E-state index in [1.165, 1.54) is 55.2 Å². The Morgan fingerprint density at radius 2 is 1.85 bits per heavy atom. The summed E-state index contributed by atoms with van der Waals surface area (Å²) in [6.07, 6.45) is 10.9. The van der Waals surface area contributed by atoms with Crippen molar-refractivity contribution in [2.45, 2.75) is 77.7 Å². The van der Waals surface area contributed by atoms with Gasteiger partial charge in [-0.1, -0.05) is 64.2 Å². The molecule has 1 fully saturated rings. The number of hydrogen-bond donors (Lipinski definition) is 1. The molecule has 1 aromatic carbocycles. The second kappa shape index (κ2) is 7.83. The van der Waals surface area contributed by atoms with Crippen LogP contribution in [0.1, 0.15) is 81.6 Å². The zero-order chi connectivity index (χ0) is 14.4. The van der Waals surface area contributed by atoms with Crippen LogP contribution in [0.2, 0.25) is 0 Å². The highest BCUT2D eigenvalue weighted by atomic mass is 16.3. The highest BCUT2D eigenvalue weighted by Gasteiger charge is 2.17. The summed E-state index contributed by atoms with van der Waals surface area (Å²) in [5.41, 5.74) is 3.84. The molecule has 0 spiro atoms. The fourth-order valence-electron chi connectivity index (χ4n) is 3.52. The quantitative estimate of drug-likeness (QED) is 0.755. The maximum atomic E-state index is 10.6. The number of rotatable bonds is 6. The number of aliphatic hydroxyl groups is 1. The molecule has 0 saturated heterocycles. The van der Waals surface area contributed by atoms with E-state index in [1.807, 2.05) is 0 Å². The Kier molecular flexibility index (Phi) is 6.09. The molecule has 0 amide bonds. The van der Waals surface area contributed by atoms with Gasteiger partial charge in [0, 0.05) is 0 Å². The summed E-state index contributed by atoms with van der Waals surface area (Å²) in [6.45, 7) is 4.36. The molecular formula is C19H30O. The predicted octanol–water partition coefficient (Wildman–Crippen LogP) is 5.21. The van der Waals surface area contributed by atoms with Gasteiger partial charge in [-0.15, -0.1) is 0 Å². The van der Waals surface area contributed by atoms with E-state index in [1.54, 1.807) is 0 Å². The highest BCUT2D eigenvalue weighted by Crippen LogP contribution is 2.31. The van der Waals surface area contributed by atoms with Gasteiger partial charge in [-0.25, -0.2) is 0 Å². The molecule has 0 bridgehead atoms. The van der Waals surface area contributed by atoms with Crippen LogP contribution in [0, 0.1) is 5.92 Å². The molecule has 1 saturated carbocycles. The van der Waals surface area contributed by atoms with E-state index in [4.69, 9.17) is 0 Å². The van der Waals surface area contributed by atoms with Gasteiger partial charge in [-0.2, -0.15) is 0 Å². The lowest BCUT2D eigenvalue weighted by Crippen LogP contribution is -2.09. The standard InChI is InChI=1S/C19H30O/c1-3-15-10-12-17(4-2)18(14-15)19(20)13-11-16-8-6-5-7-9-16/h10,12,14,16,19-20H,3-9,11,13H2,1-2H3. The lowest BCUT2D eigenvalue weighted by atomic mass is 9.84. The number of aryl methyl sites for hydroxylation is 2. The van der Waals surface area contributed by atoms with Crippen molar-refractivity contribution in [3.05, 3.63) is 34.9 Å². The van der Waals surface area contributed by atoms with Crippen LogP contribution in [-0.2, 0) is 12.8 Å². The van der Waals surface area contributed by atoms with Crippen molar-refractivity contribution in [1.82, 2.24) is 0 Å². The first kappa shape index (κ1) is 15.6. The van der Waals surface area contributed by atoms with Gasteiger partial charge in [0.2, 0.25) is 0 Å². The summed E-state index contributed by atoms with van der Waals surface area (Å²) in [6, 6.07) is 6.64. The highest BCUT2D eigenvalue weighted by molar-refractivity contribution is 5.33. The van der Waals surface area contributed by atoms with Crippen molar-refractivity contribution in [1.29, 1.82) is 0 Å². The third-order valence-corrected chi connectivity index (χ3v) is 4.93. The fraction of sp³-hybridized carbons (Fsp3) is 0.684. The molecular weight excluding hydrogens is 244 g/mol. The van der Waals surface area contributed by atoms with Gasteiger partial charge in [0.1, 0.15) is 0 Å². The van der Waals surface area contributed by atoms with E-state index in [0.717, 1.165) is 25.2 Å². The van der Waals surface area contributed by atoms with Crippen LogP contribution in [0.15, 0.2) is 18.2 Å². The zero-order valence-corrected chi connectivity index (χ0v) is 13.2. The predicted molar refractivity (Wildman–Crippen MR) is 86.0 cm³/mol. The van der Waals surface area contributed by atoms with Crippen LogP contribution in [0.5, 0.6) is 0 Å². The van der Waals surface area contributed by atoms with Gasteiger partial charge in [-0.3, -0.25) is 0 Å². The van der Waals surface area contributed by atoms with Gasteiger partial charge in [0.05, 0.1) is 6.10 Å². The average molecular weight is 274 g/mol. The Morgan fingerprint density at radius 1 is 1.10 bits per heavy atom. The smallest absolute Gasteiger partial charge is 0.0792 e. The van der Waals surface area contributed by atoms with Gasteiger partial charge < -0.3 is 5.11 Å². The topological polar surface area (TPSA) is 20.2 Å². The van der Waals surface area contributed by atoms with E-state index in [-0.39, 0.29) is 6.10 Å². The monoisotopic (exact) mass is 274 g/mol. The Labute approximate surface area is 124 Å². The summed E-state index contributed by atoms with van der Waals surface area (Å²) in [7, 11) is 0. The third kappa shape index (κ3) is 4.09. The van der Waals surface area contributed by atoms with Gasteiger partial charge in [-0.05, 0) is 48.3 Å². The van der Waals surface area contributed by atoms with Gasteiger partial charge in [0.15, 0.2) is 0 Å². The first-order chi connectivity index (χ1) is 9.74. The average Bonchev–Trinajstić information content (AvgIpc) is 2.52. The van der Waals surface area contributed by atoms with Gasteiger partial charge >= 0.3 is 0 Å². The van der Waals surface area contributed by atoms with E-state index in [9.17, 15) is 5.11 Å². The number of aliphatic hydroxyl groups excluding tert-OH is 1. The number of hydrogen-bond acceptors (Lipinski definition) is 1. The molecule has 0 heterocycles. The molecule has 1 unspecified atom stereocenters. The lowest BCUT2D eigenvalue weighted by molar-refractivity contribution is 0.150. The first-order valence-corrected chi connectivity index (χ1v) is 8.54. The normalized spacial score (nSPS) is 18.1. The lowest BCUT2D eigenvalue weighted by Gasteiger charge is -2.23. The van der Waals surface area contributed by atoms with Crippen molar-refractivity contribution < 1.29 is 5.11 Å². The van der Waals surface area contributed by atoms with Crippen molar-refractivity contribution in [3.63, 3.8) is 0 Å². The molecule has 1 nitrogen and oxygen atoms in total. The first-order valence-electron chi connectivity index (χ1n) is 8.54. The van der Waals surface area contributed by atoms with E-state index in [2.05, 4.69) is 32.0 Å². The molecule has 1 aromatic rings. The molecule has 1 aliphatic rings. The summed E-state index contributed by atoms with van der Waals surface area (Å²) < 4.78 is 0. The van der Waals surface area contributed by atoms with E-state index < -0.39 is 0 Å². The maximum absolute atomic E-state index is 10.6. The van der Waals surface area contributed by atoms with Crippen LogP contribution in [-0.4, -0.2) is 5.11 Å². The van der Waals surface area contributed by atoms with Crippen LogP contribution in [0.25, 0.3) is 0 Å². The molecule has 0 aliphatic heterocycles. The molecule has 0 aromatic heterocycles. The zero-order valence-electron chi connectivity index (χ0n) is 13.2. The third-order valence-electron chi connectivity index (χ3n) is 4.93. The van der Waals surface area contributed by atoms with Crippen molar-refractivity contribution in [3.8, 4) is 0 Å². The van der Waals surface area contributed by atoms with Crippen molar-refractivity contribution in [2.24, 2.45) is 5.92 Å². The van der Waals surface area contributed by atoms with Crippen molar-refractivity contribution >= 4 is 0 Å². The van der Waals surface area contributed by atoms with E-state index >= 15 is 0 Å². The Bertz CT molecular complexity index is 404. The van der Waals surface area contributed by atoms with Crippen molar-refractivity contribution in [2.75, 3.05) is 0 Å². The molecule has 20 heavy (non-hydrogen) atoms. The summed E-state index contributed by atoms with van der Waals surface area (Å²) in [5, 5.41) is 10.6.